The lowest BCUT2D eigenvalue weighted by Gasteiger charge is -2.33. The summed E-state index contributed by atoms with van der Waals surface area (Å²) < 4.78 is 0. The van der Waals surface area contributed by atoms with Crippen LogP contribution in [0.25, 0.3) is 0 Å². The first kappa shape index (κ1) is 17.8. The number of hydrogen-bond acceptors (Lipinski definition) is 5. The van der Waals surface area contributed by atoms with Crippen molar-refractivity contribution in [3.05, 3.63) is 47.2 Å². The van der Waals surface area contributed by atoms with Gasteiger partial charge >= 0.3 is 0 Å². The van der Waals surface area contributed by atoms with Crippen LogP contribution in [0.5, 0.6) is 5.75 Å². The Kier molecular flexibility index (Phi) is 4.99. The van der Waals surface area contributed by atoms with Gasteiger partial charge in [0.25, 0.3) is 5.91 Å². The number of aryl methyl sites for hydroxylation is 2. The first-order chi connectivity index (χ1) is 13.1. The number of anilines is 2. The Morgan fingerprint density at radius 2 is 1.78 bits per heavy atom. The van der Waals surface area contributed by atoms with E-state index >= 15 is 0 Å². The Labute approximate surface area is 159 Å². The topological polar surface area (TPSA) is 68.7 Å². The van der Waals surface area contributed by atoms with Gasteiger partial charge in [0.2, 0.25) is 0 Å². The van der Waals surface area contributed by atoms with Crippen molar-refractivity contribution in [1.82, 2.24) is 9.88 Å². The van der Waals surface area contributed by atoms with Gasteiger partial charge in [-0.3, -0.25) is 4.79 Å². The highest BCUT2D eigenvalue weighted by Gasteiger charge is 2.18. The molecule has 1 aliphatic heterocycles. The SMILES string of the molecule is CN1CCN(c2ccc(NC(=O)c3cc4c(cc3O)CCCC4)cn2)CC1. The summed E-state index contributed by atoms with van der Waals surface area (Å²) in [4.78, 5) is 21.7. The fourth-order valence-electron chi connectivity index (χ4n) is 3.84. The van der Waals surface area contributed by atoms with Crippen molar-refractivity contribution in [3.63, 3.8) is 0 Å². The molecule has 1 amide bonds. The van der Waals surface area contributed by atoms with Crippen LogP contribution in [0.1, 0.15) is 34.3 Å². The second-order valence-corrected chi connectivity index (χ2v) is 7.49. The summed E-state index contributed by atoms with van der Waals surface area (Å²) >= 11 is 0. The second kappa shape index (κ2) is 7.56. The number of phenols is 1. The van der Waals surface area contributed by atoms with E-state index in [1.54, 1.807) is 12.3 Å². The number of carbonyl (C=O) groups excluding carboxylic acids is 1. The normalized spacial score (nSPS) is 17.4. The predicted molar refractivity (Wildman–Crippen MR) is 107 cm³/mol. The molecular formula is C21H26N4O2. The number of nitrogens with one attached hydrogen (secondary N) is 1. The number of fused-ring (bicyclic) bond motifs is 1. The highest BCUT2D eigenvalue weighted by Crippen LogP contribution is 2.29. The molecule has 0 bridgehead atoms. The number of benzene rings is 1. The largest absolute Gasteiger partial charge is 0.507 e. The summed E-state index contributed by atoms with van der Waals surface area (Å²) in [7, 11) is 2.12. The third-order valence-electron chi connectivity index (χ3n) is 5.54. The van der Waals surface area contributed by atoms with Crippen LogP contribution in [0, 0.1) is 0 Å². The van der Waals surface area contributed by atoms with E-state index in [1.807, 2.05) is 18.2 Å². The first-order valence-corrected chi connectivity index (χ1v) is 9.66. The Morgan fingerprint density at radius 1 is 1.07 bits per heavy atom. The van der Waals surface area contributed by atoms with Crippen LogP contribution >= 0.6 is 0 Å². The third-order valence-corrected chi connectivity index (χ3v) is 5.54. The highest BCUT2D eigenvalue weighted by molar-refractivity contribution is 6.06. The molecule has 6 heteroatoms. The minimum absolute atomic E-state index is 0.0511. The number of hydrogen-bond donors (Lipinski definition) is 2. The molecule has 27 heavy (non-hydrogen) atoms. The van der Waals surface area contributed by atoms with E-state index in [-0.39, 0.29) is 11.7 Å². The van der Waals surface area contributed by atoms with Crippen LogP contribution in [-0.4, -0.2) is 54.1 Å². The van der Waals surface area contributed by atoms with Gasteiger partial charge in [0.1, 0.15) is 11.6 Å². The van der Waals surface area contributed by atoms with Gasteiger partial charge in [-0.2, -0.15) is 0 Å². The van der Waals surface area contributed by atoms with E-state index in [2.05, 4.69) is 27.1 Å². The van der Waals surface area contributed by atoms with Crippen LogP contribution in [0.4, 0.5) is 11.5 Å². The quantitative estimate of drug-likeness (QED) is 0.874. The molecule has 0 radical (unpaired) electrons. The Hall–Kier alpha value is -2.60. The van der Waals surface area contributed by atoms with E-state index in [9.17, 15) is 9.90 Å². The van der Waals surface area contributed by atoms with Gasteiger partial charge in [-0.25, -0.2) is 4.98 Å². The van der Waals surface area contributed by atoms with Crippen molar-refractivity contribution >= 4 is 17.4 Å². The zero-order valence-electron chi connectivity index (χ0n) is 15.7. The van der Waals surface area contributed by atoms with E-state index in [4.69, 9.17) is 0 Å². The molecule has 4 rings (SSSR count). The van der Waals surface area contributed by atoms with E-state index in [0.717, 1.165) is 63.2 Å². The molecule has 1 saturated heterocycles. The van der Waals surface area contributed by atoms with Crippen LogP contribution in [-0.2, 0) is 12.8 Å². The Morgan fingerprint density at radius 3 is 2.44 bits per heavy atom. The fourth-order valence-corrected chi connectivity index (χ4v) is 3.84. The number of amides is 1. The lowest BCUT2D eigenvalue weighted by atomic mass is 9.90. The molecular weight excluding hydrogens is 340 g/mol. The molecule has 1 aromatic heterocycles. The third kappa shape index (κ3) is 3.90. The van der Waals surface area contributed by atoms with Crippen LogP contribution < -0.4 is 10.2 Å². The van der Waals surface area contributed by atoms with E-state index < -0.39 is 0 Å². The minimum Gasteiger partial charge on any atom is -0.507 e. The van der Waals surface area contributed by atoms with E-state index in [1.165, 1.54) is 5.56 Å². The molecule has 2 aromatic rings. The second-order valence-electron chi connectivity index (χ2n) is 7.49. The molecule has 2 heterocycles. The average molecular weight is 366 g/mol. The highest BCUT2D eigenvalue weighted by atomic mass is 16.3. The standard InChI is InChI=1S/C21H26N4O2/c1-24-8-10-25(11-9-24)20-7-6-17(14-22-20)23-21(27)18-12-15-4-2-3-5-16(15)13-19(18)26/h6-7,12-14,26H,2-5,8-11H2,1H3,(H,23,27). The van der Waals surface area contributed by atoms with Crippen molar-refractivity contribution in [2.24, 2.45) is 0 Å². The summed E-state index contributed by atoms with van der Waals surface area (Å²) in [6.07, 6.45) is 5.90. The maximum atomic E-state index is 12.6. The molecule has 0 spiro atoms. The maximum Gasteiger partial charge on any atom is 0.259 e. The van der Waals surface area contributed by atoms with Gasteiger partial charge in [-0.1, -0.05) is 0 Å². The first-order valence-electron chi connectivity index (χ1n) is 9.66. The summed E-state index contributed by atoms with van der Waals surface area (Å²) in [6, 6.07) is 7.39. The van der Waals surface area contributed by atoms with Gasteiger partial charge in [0.15, 0.2) is 0 Å². The summed E-state index contributed by atoms with van der Waals surface area (Å²) in [5, 5.41) is 13.1. The van der Waals surface area contributed by atoms with Crippen molar-refractivity contribution in [2.45, 2.75) is 25.7 Å². The number of aromatic hydroxyl groups is 1. The van der Waals surface area contributed by atoms with Gasteiger partial charge < -0.3 is 20.2 Å². The van der Waals surface area contributed by atoms with Crippen molar-refractivity contribution in [2.75, 3.05) is 43.4 Å². The van der Waals surface area contributed by atoms with Gasteiger partial charge in [-0.15, -0.1) is 0 Å². The molecule has 1 aliphatic carbocycles. The van der Waals surface area contributed by atoms with Gasteiger partial charge in [0, 0.05) is 26.2 Å². The Bertz CT molecular complexity index is 827. The molecule has 1 fully saturated rings. The smallest absolute Gasteiger partial charge is 0.259 e. The molecule has 6 nitrogen and oxygen atoms in total. The monoisotopic (exact) mass is 366 g/mol. The fraction of sp³-hybridized carbons (Fsp3) is 0.429. The number of likely N-dealkylation sites (N-methyl/N-ethyl adjacent to an activating group) is 1. The number of rotatable bonds is 3. The van der Waals surface area contributed by atoms with E-state index in [0.29, 0.717) is 11.3 Å². The van der Waals surface area contributed by atoms with Crippen molar-refractivity contribution in [1.29, 1.82) is 0 Å². The zero-order valence-corrected chi connectivity index (χ0v) is 15.7. The molecule has 0 atom stereocenters. The molecule has 2 N–H and O–H groups in total. The number of phenolic OH excluding ortho intramolecular Hbond substituents is 1. The number of nitrogens with zero attached hydrogens (tertiary/aromatic N) is 3. The zero-order chi connectivity index (χ0) is 18.8. The molecule has 142 valence electrons. The van der Waals surface area contributed by atoms with Gasteiger partial charge in [0.05, 0.1) is 17.4 Å². The molecule has 0 saturated carbocycles. The van der Waals surface area contributed by atoms with Crippen LogP contribution in [0.2, 0.25) is 0 Å². The maximum absolute atomic E-state index is 12.6. The van der Waals surface area contributed by atoms with Crippen molar-refractivity contribution < 1.29 is 9.90 Å². The Balaban J connectivity index is 1.45. The predicted octanol–water partition coefficient (Wildman–Crippen LogP) is 2.67. The lowest BCUT2D eigenvalue weighted by Crippen LogP contribution is -2.44. The summed E-state index contributed by atoms with van der Waals surface area (Å²) in [6.45, 7) is 3.96. The lowest BCUT2D eigenvalue weighted by molar-refractivity contribution is 0.102. The van der Waals surface area contributed by atoms with Crippen LogP contribution in [0.15, 0.2) is 30.5 Å². The van der Waals surface area contributed by atoms with Crippen LogP contribution in [0.3, 0.4) is 0 Å². The number of piperazine rings is 1. The molecule has 2 aliphatic rings. The molecule has 0 unspecified atom stereocenters. The number of pyridine rings is 1. The van der Waals surface area contributed by atoms with Gasteiger partial charge in [-0.05, 0) is 68.1 Å². The summed E-state index contributed by atoms with van der Waals surface area (Å²) in [5.74, 6) is 0.683. The minimum atomic E-state index is -0.296. The summed E-state index contributed by atoms with van der Waals surface area (Å²) in [5.41, 5.74) is 3.30. The molecule has 1 aromatic carbocycles. The average Bonchev–Trinajstić information content (AvgIpc) is 2.68. The number of carbonyl (C=O) groups is 1. The number of aromatic nitrogens is 1. The van der Waals surface area contributed by atoms with Crippen molar-refractivity contribution in [3.8, 4) is 5.75 Å².